The van der Waals surface area contributed by atoms with E-state index in [2.05, 4.69) is 30.9 Å². The van der Waals surface area contributed by atoms with E-state index in [9.17, 15) is 14.4 Å². The molecule has 9 nitrogen and oxygen atoms in total. The summed E-state index contributed by atoms with van der Waals surface area (Å²) in [5.74, 6) is -1.05. The molecular weight excluding hydrogens is 384 g/mol. The van der Waals surface area contributed by atoms with Crippen molar-refractivity contribution in [2.24, 2.45) is 5.92 Å². The zero-order valence-corrected chi connectivity index (χ0v) is 16.0. The van der Waals surface area contributed by atoms with Gasteiger partial charge in [0.05, 0.1) is 17.0 Å². The van der Waals surface area contributed by atoms with Crippen LogP contribution in [-0.4, -0.2) is 45.8 Å². The van der Waals surface area contributed by atoms with Crippen LogP contribution in [0.15, 0.2) is 24.8 Å². The van der Waals surface area contributed by atoms with Gasteiger partial charge in [-0.05, 0) is 31.7 Å². The van der Waals surface area contributed by atoms with Gasteiger partial charge in [-0.25, -0.2) is 4.98 Å². The lowest BCUT2D eigenvalue weighted by Crippen LogP contribution is -2.40. The Balaban J connectivity index is 1.52. The fraction of sp³-hybridized carbons (Fsp3) is 0.389. The summed E-state index contributed by atoms with van der Waals surface area (Å²) >= 11 is 6.02. The molecule has 2 aromatic heterocycles. The quantitative estimate of drug-likeness (QED) is 0.603. The van der Waals surface area contributed by atoms with Crippen molar-refractivity contribution in [3.63, 3.8) is 0 Å². The van der Waals surface area contributed by atoms with Gasteiger partial charge in [-0.1, -0.05) is 11.6 Å². The van der Waals surface area contributed by atoms with Gasteiger partial charge in [0.2, 0.25) is 5.91 Å². The molecule has 0 saturated heterocycles. The van der Waals surface area contributed by atoms with E-state index in [1.165, 1.54) is 19.6 Å². The summed E-state index contributed by atoms with van der Waals surface area (Å²) in [6.07, 6.45) is 6.96. The van der Waals surface area contributed by atoms with Crippen molar-refractivity contribution in [3.8, 4) is 0 Å². The maximum atomic E-state index is 12.5. The van der Waals surface area contributed by atoms with Gasteiger partial charge in [0.25, 0.3) is 11.8 Å². The number of aromatic nitrogens is 3. The zero-order chi connectivity index (χ0) is 20.1. The summed E-state index contributed by atoms with van der Waals surface area (Å²) in [6.45, 7) is 0. The maximum absolute atomic E-state index is 12.5. The third-order valence-electron chi connectivity index (χ3n) is 4.77. The molecular formula is C18H21ClN6O3. The van der Waals surface area contributed by atoms with Gasteiger partial charge in [0.1, 0.15) is 5.69 Å². The molecule has 2 heterocycles. The number of halogens is 1. The van der Waals surface area contributed by atoms with Crippen LogP contribution in [0.1, 0.15) is 46.7 Å². The Hall–Kier alpha value is -2.94. The van der Waals surface area contributed by atoms with Gasteiger partial charge in [0.15, 0.2) is 5.69 Å². The molecule has 1 aliphatic rings. The molecule has 0 aromatic carbocycles. The fourth-order valence-corrected chi connectivity index (χ4v) is 3.40. The van der Waals surface area contributed by atoms with Gasteiger partial charge < -0.3 is 20.9 Å². The van der Waals surface area contributed by atoms with E-state index in [-0.39, 0.29) is 29.3 Å². The molecule has 3 rings (SSSR count). The van der Waals surface area contributed by atoms with Crippen LogP contribution >= 0.6 is 11.6 Å². The summed E-state index contributed by atoms with van der Waals surface area (Å²) in [6, 6.07) is 1.58. The van der Waals surface area contributed by atoms with Crippen LogP contribution in [0.25, 0.3) is 0 Å². The van der Waals surface area contributed by atoms with Crippen molar-refractivity contribution in [1.29, 1.82) is 0 Å². The van der Waals surface area contributed by atoms with E-state index in [0.29, 0.717) is 36.4 Å². The standard InChI is InChI=1S/C18H21ClN6O3/c1-20-17(27)14-15(23-9-22-14)18(28)24-11-4-2-10(3-5-11)16(26)25-13-6-7-21-8-12(13)19/h6-11H,2-5H2,1H3,(H,20,27)(H,22,23)(H,24,28)(H,21,25,26). The second-order valence-corrected chi connectivity index (χ2v) is 6.98. The number of hydrogen-bond donors (Lipinski definition) is 4. The molecule has 3 amide bonds. The first-order chi connectivity index (χ1) is 13.5. The van der Waals surface area contributed by atoms with Crippen molar-refractivity contribution in [2.75, 3.05) is 12.4 Å². The first-order valence-corrected chi connectivity index (χ1v) is 9.34. The van der Waals surface area contributed by atoms with Gasteiger partial charge in [0, 0.05) is 31.4 Å². The van der Waals surface area contributed by atoms with E-state index >= 15 is 0 Å². The lowest BCUT2D eigenvalue weighted by molar-refractivity contribution is -0.120. The lowest BCUT2D eigenvalue weighted by Gasteiger charge is -2.28. The Morgan fingerprint density at radius 2 is 1.93 bits per heavy atom. The lowest BCUT2D eigenvalue weighted by atomic mass is 9.85. The smallest absolute Gasteiger partial charge is 0.272 e. The second kappa shape index (κ2) is 8.83. The highest BCUT2D eigenvalue weighted by molar-refractivity contribution is 6.33. The Bertz CT molecular complexity index is 876. The number of pyridine rings is 1. The Labute approximate surface area is 166 Å². The number of aromatic amines is 1. The van der Waals surface area contributed by atoms with Crippen LogP contribution in [0.3, 0.4) is 0 Å². The summed E-state index contributed by atoms with van der Waals surface area (Å²) < 4.78 is 0. The number of H-pyrrole nitrogens is 1. The normalized spacial score (nSPS) is 18.9. The van der Waals surface area contributed by atoms with Crippen LogP contribution < -0.4 is 16.0 Å². The fourth-order valence-electron chi connectivity index (χ4n) is 3.23. The minimum atomic E-state index is -0.406. The number of nitrogens with one attached hydrogen (secondary N) is 4. The van der Waals surface area contributed by atoms with Crippen molar-refractivity contribution in [3.05, 3.63) is 41.2 Å². The third-order valence-corrected chi connectivity index (χ3v) is 5.07. The maximum Gasteiger partial charge on any atom is 0.272 e. The Kier molecular flexibility index (Phi) is 6.25. The Morgan fingerprint density at radius 1 is 1.18 bits per heavy atom. The van der Waals surface area contributed by atoms with E-state index in [4.69, 9.17) is 11.6 Å². The molecule has 2 aromatic rings. The van der Waals surface area contributed by atoms with Gasteiger partial charge in [-0.15, -0.1) is 0 Å². The van der Waals surface area contributed by atoms with Gasteiger partial charge >= 0.3 is 0 Å². The number of carbonyl (C=O) groups excluding carboxylic acids is 3. The molecule has 4 N–H and O–H groups in total. The first-order valence-electron chi connectivity index (χ1n) is 8.96. The molecule has 148 valence electrons. The summed E-state index contributed by atoms with van der Waals surface area (Å²) in [4.78, 5) is 47.2. The molecule has 0 radical (unpaired) electrons. The average molecular weight is 405 g/mol. The monoisotopic (exact) mass is 404 g/mol. The van der Waals surface area contributed by atoms with E-state index in [1.54, 1.807) is 12.3 Å². The highest BCUT2D eigenvalue weighted by atomic mass is 35.5. The van der Waals surface area contributed by atoms with Crippen LogP contribution in [0.5, 0.6) is 0 Å². The number of carbonyl (C=O) groups is 3. The number of anilines is 1. The number of imidazole rings is 1. The predicted molar refractivity (Wildman–Crippen MR) is 103 cm³/mol. The topological polar surface area (TPSA) is 129 Å². The van der Waals surface area contributed by atoms with Crippen LogP contribution in [0.4, 0.5) is 5.69 Å². The molecule has 10 heteroatoms. The van der Waals surface area contributed by atoms with Crippen LogP contribution in [0, 0.1) is 5.92 Å². The summed E-state index contributed by atoms with van der Waals surface area (Å²) in [7, 11) is 1.48. The number of hydrogen-bond acceptors (Lipinski definition) is 5. The summed E-state index contributed by atoms with van der Waals surface area (Å²) in [5.41, 5.74) is 0.728. The van der Waals surface area contributed by atoms with Crippen LogP contribution in [-0.2, 0) is 4.79 Å². The Morgan fingerprint density at radius 3 is 2.61 bits per heavy atom. The largest absolute Gasteiger partial charge is 0.354 e. The molecule has 0 unspecified atom stereocenters. The second-order valence-electron chi connectivity index (χ2n) is 6.57. The van der Waals surface area contributed by atoms with E-state index in [0.717, 1.165) is 0 Å². The predicted octanol–water partition coefficient (Wildman–Crippen LogP) is 1.74. The first kappa shape index (κ1) is 19.8. The molecule has 28 heavy (non-hydrogen) atoms. The minimum absolute atomic E-state index is 0.0616. The zero-order valence-electron chi connectivity index (χ0n) is 15.3. The molecule has 1 aliphatic carbocycles. The molecule has 0 aliphatic heterocycles. The summed E-state index contributed by atoms with van der Waals surface area (Å²) in [5, 5.41) is 8.58. The number of nitrogens with zero attached hydrogens (tertiary/aromatic N) is 2. The van der Waals surface area contributed by atoms with Crippen molar-refractivity contribution in [1.82, 2.24) is 25.6 Å². The van der Waals surface area contributed by atoms with Crippen molar-refractivity contribution in [2.45, 2.75) is 31.7 Å². The van der Waals surface area contributed by atoms with E-state index < -0.39 is 11.8 Å². The van der Waals surface area contributed by atoms with Crippen LogP contribution in [0.2, 0.25) is 5.02 Å². The SMILES string of the molecule is CNC(=O)c1[nH]cnc1C(=O)NC1CCC(C(=O)Nc2ccncc2Cl)CC1. The molecule has 1 saturated carbocycles. The van der Waals surface area contributed by atoms with Crippen molar-refractivity contribution < 1.29 is 14.4 Å². The van der Waals surface area contributed by atoms with Crippen molar-refractivity contribution >= 4 is 35.0 Å². The third kappa shape index (κ3) is 4.48. The molecule has 0 spiro atoms. The van der Waals surface area contributed by atoms with E-state index in [1.807, 2.05) is 0 Å². The van der Waals surface area contributed by atoms with Gasteiger partial charge in [-0.2, -0.15) is 0 Å². The average Bonchev–Trinajstić information content (AvgIpc) is 3.19. The molecule has 0 bridgehead atoms. The minimum Gasteiger partial charge on any atom is -0.354 e. The highest BCUT2D eigenvalue weighted by Gasteiger charge is 2.29. The number of rotatable bonds is 5. The van der Waals surface area contributed by atoms with Gasteiger partial charge in [-0.3, -0.25) is 19.4 Å². The molecule has 1 fully saturated rings. The molecule has 0 atom stereocenters. The number of amides is 3. The highest BCUT2D eigenvalue weighted by Crippen LogP contribution is 2.27.